The average molecular weight is 400 g/mol. The third kappa shape index (κ3) is 4.99. The molecule has 3 rings (SSSR count). The lowest BCUT2D eigenvalue weighted by molar-refractivity contribution is -0.122. The molecule has 0 unspecified atom stereocenters. The molecule has 1 aromatic heterocycles. The molecule has 1 atom stereocenters. The van der Waals surface area contributed by atoms with Gasteiger partial charge in [0.1, 0.15) is 11.6 Å². The number of nitrogens with one attached hydrogen (secondary N) is 1. The summed E-state index contributed by atoms with van der Waals surface area (Å²) < 4.78 is 12.1. The summed E-state index contributed by atoms with van der Waals surface area (Å²) >= 11 is 1.67. The number of hydrogen-bond donors (Lipinski definition) is 1. The summed E-state index contributed by atoms with van der Waals surface area (Å²) in [6.07, 6.45) is 0. The third-order valence-electron chi connectivity index (χ3n) is 4.47. The molecule has 0 aliphatic carbocycles. The number of para-hydroxylation sites is 3. The summed E-state index contributed by atoms with van der Waals surface area (Å²) in [6, 6.07) is 15.6. The molecule has 6 nitrogen and oxygen atoms in total. The molecule has 0 saturated carbocycles. The van der Waals surface area contributed by atoms with Crippen LogP contribution < -0.4 is 14.8 Å². The summed E-state index contributed by atoms with van der Waals surface area (Å²) in [6.45, 7) is 3.17. The highest BCUT2D eigenvalue weighted by atomic mass is 32.1. The van der Waals surface area contributed by atoms with Crippen molar-refractivity contribution in [2.24, 2.45) is 0 Å². The van der Waals surface area contributed by atoms with Gasteiger partial charge in [0.05, 0.1) is 36.5 Å². The van der Waals surface area contributed by atoms with E-state index in [1.54, 1.807) is 18.4 Å². The molecule has 7 heteroatoms. The summed E-state index contributed by atoms with van der Waals surface area (Å²) in [4.78, 5) is 18.9. The van der Waals surface area contributed by atoms with Crippen molar-refractivity contribution in [1.82, 2.24) is 15.2 Å². The molecule has 2 aromatic carbocycles. The minimum absolute atomic E-state index is 0.0425. The number of carbonyl (C=O) groups is 1. The van der Waals surface area contributed by atoms with Gasteiger partial charge in [0.25, 0.3) is 0 Å². The number of amides is 1. The SMILES string of the molecule is COc1ccccc1OCCNC(=O)CN(C)[C@@H](C)c1nc2ccccc2s1. The van der Waals surface area contributed by atoms with E-state index in [1.807, 2.05) is 54.4 Å². The number of carbonyl (C=O) groups excluding carboxylic acids is 1. The van der Waals surface area contributed by atoms with Crippen LogP contribution in [-0.4, -0.2) is 49.6 Å². The van der Waals surface area contributed by atoms with E-state index in [-0.39, 0.29) is 11.9 Å². The fourth-order valence-electron chi connectivity index (χ4n) is 2.77. The maximum atomic E-state index is 12.2. The van der Waals surface area contributed by atoms with Gasteiger partial charge in [0.2, 0.25) is 5.91 Å². The Bertz CT molecular complexity index is 895. The molecular weight excluding hydrogens is 374 g/mol. The minimum atomic E-state index is -0.0425. The van der Waals surface area contributed by atoms with Gasteiger partial charge in [-0.25, -0.2) is 4.98 Å². The zero-order chi connectivity index (χ0) is 19.9. The Kier molecular flexibility index (Phi) is 6.84. The van der Waals surface area contributed by atoms with E-state index in [4.69, 9.17) is 9.47 Å². The Hall–Kier alpha value is -2.64. The van der Waals surface area contributed by atoms with Gasteiger partial charge in [0.15, 0.2) is 11.5 Å². The van der Waals surface area contributed by atoms with Crippen LogP contribution in [0.4, 0.5) is 0 Å². The Balaban J connectivity index is 1.45. The molecule has 0 fully saturated rings. The second-order valence-electron chi connectivity index (χ2n) is 6.46. The van der Waals surface area contributed by atoms with E-state index >= 15 is 0 Å². The first-order valence-corrected chi connectivity index (χ1v) is 9.98. The van der Waals surface area contributed by atoms with Gasteiger partial charge < -0.3 is 14.8 Å². The van der Waals surface area contributed by atoms with Gasteiger partial charge in [-0.1, -0.05) is 24.3 Å². The molecule has 0 spiro atoms. The highest BCUT2D eigenvalue weighted by Gasteiger charge is 2.18. The molecule has 0 bridgehead atoms. The van der Waals surface area contributed by atoms with Crippen LogP contribution in [0.2, 0.25) is 0 Å². The fourth-order valence-corrected chi connectivity index (χ4v) is 3.85. The van der Waals surface area contributed by atoms with E-state index < -0.39 is 0 Å². The highest BCUT2D eigenvalue weighted by Crippen LogP contribution is 2.28. The van der Waals surface area contributed by atoms with Gasteiger partial charge in [-0.3, -0.25) is 9.69 Å². The Labute approximate surface area is 169 Å². The Morgan fingerprint density at radius 2 is 1.89 bits per heavy atom. The van der Waals surface area contributed by atoms with Crippen LogP contribution in [0.5, 0.6) is 11.5 Å². The van der Waals surface area contributed by atoms with E-state index in [1.165, 1.54) is 0 Å². The van der Waals surface area contributed by atoms with Crippen molar-refractivity contribution in [2.45, 2.75) is 13.0 Å². The van der Waals surface area contributed by atoms with Gasteiger partial charge in [-0.05, 0) is 38.2 Å². The molecule has 1 N–H and O–H groups in total. The first-order valence-electron chi connectivity index (χ1n) is 9.16. The molecule has 1 heterocycles. The lowest BCUT2D eigenvalue weighted by Gasteiger charge is -2.22. The predicted octanol–water partition coefficient (Wildman–Crippen LogP) is 3.49. The third-order valence-corrected chi connectivity index (χ3v) is 5.68. The van der Waals surface area contributed by atoms with Crippen LogP contribution in [0.1, 0.15) is 18.0 Å². The van der Waals surface area contributed by atoms with Crippen molar-refractivity contribution in [3.05, 3.63) is 53.5 Å². The Morgan fingerprint density at radius 1 is 1.18 bits per heavy atom. The number of fused-ring (bicyclic) bond motifs is 1. The van der Waals surface area contributed by atoms with Crippen molar-refractivity contribution in [3.63, 3.8) is 0 Å². The van der Waals surface area contributed by atoms with E-state index in [9.17, 15) is 4.79 Å². The van der Waals surface area contributed by atoms with Crippen LogP contribution >= 0.6 is 11.3 Å². The molecule has 0 aliphatic heterocycles. The molecule has 0 aliphatic rings. The lowest BCUT2D eigenvalue weighted by Crippen LogP contribution is -2.38. The zero-order valence-corrected chi connectivity index (χ0v) is 17.2. The monoisotopic (exact) mass is 399 g/mol. The number of nitrogens with zero attached hydrogens (tertiary/aromatic N) is 2. The quantitative estimate of drug-likeness (QED) is 0.558. The van der Waals surface area contributed by atoms with E-state index in [2.05, 4.69) is 23.3 Å². The molecular formula is C21H25N3O3S. The number of aromatic nitrogens is 1. The second kappa shape index (κ2) is 9.52. The minimum Gasteiger partial charge on any atom is -0.493 e. The Morgan fingerprint density at radius 3 is 2.64 bits per heavy atom. The van der Waals surface area contributed by atoms with Crippen molar-refractivity contribution in [3.8, 4) is 11.5 Å². The van der Waals surface area contributed by atoms with Crippen molar-refractivity contribution in [2.75, 3.05) is 33.9 Å². The maximum Gasteiger partial charge on any atom is 0.234 e. The van der Waals surface area contributed by atoms with Gasteiger partial charge in [0, 0.05) is 0 Å². The van der Waals surface area contributed by atoms with Crippen LogP contribution in [-0.2, 0) is 4.79 Å². The largest absolute Gasteiger partial charge is 0.493 e. The first kappa shape index (κ1) is 20.1. The van der Waals surface area contributed by atoms with Crippen molar-refractivity contribution >= 4 is 27.5 Å². The van der Waals surface area contributed by atoms with E-state index in [0.29, 0.717) is 31.2 Å². The molecule has 1 amide bonds. The molecule has 0 saturated heterocycles. The predicted molar refractivity (Wildman–Crippen MR) is 112 cm³/mol. The van der Waals surface area contributed by atoms with Crippen LogP contribution in [0, 0.1) is 0 Å². The fraction of sp³-hybridized carbons (Fsp3) is 0.333. The second-order valence-corrected chi connectivity index (χ2v) is 7.52. The number of benzene rings is 2. The molecule has 0 radical (unpaired) electrons. The first-order chi connectivity index (χ1) is 13.6. The van der Waals surface area contributed by atoms with Crippen LogP contribution in [0.3, 0.4) is 0 Å². The molecule has 28 heavy (non-hydrogen) atoms. The summed E-state index contributed by atoms with van der Waals surface area (Å²) in [5, 5.41) is 3.90. The average Bonchev–Trinajstić information content (AvgIpc) is 3.15. The zero-order valence-electron chi connectivity index (χ0n) is 16.3. The topological polar surface area (TPSA) is 63.7 Å². The van der Waals surface area contributed by atoms with Gasteiger partial charge >= 0.3 is 0 Å². The van der Waals surface area contributed by atoms with Crippen LogP contribution in [0.15, 0.2) is 48.5 Å². The van der Waals surface area contributed by atoms with Gasteiger partial charge in [-0.15, -0.1) is 11.3 Å². The molecule has 148 valence electrons. The smallest absolute Gasteiger partial charge is 0.234 e. The summed E-state index contributed by atoms with van der Waals surface area (Å²) in [7, 11) is 3.54. The number of likely N-dealkylation sites (N-methyl/N-ethyl adjacent to an activating group) is 1. The lowest BCUT2D eigenvalue weighted by atomic mass is 10.3. The summed E-state index contributed by atoms with van der Waals surface area (Å²) in [5.74, 6) is 1.30. The molecule has 3 aromatic rings. The standard InChI is InChI=1S/C21H25N3O3S/c1-15(21-23-16-8-4-7-11-19(16)28-21)24(2)14-20(25)22-12-13-27-18-10-6-5-9-17(18)26-3/h4-11,15H,12-14H2,1-3H3,(H,22,25)/t15-/m0/s1. The number of thiazole rings is 1. The maximum absolute atomic E-state index is 12.2. The number of rotatable bonds is 9. The number of ether oxygens (including phenoxy) is 2. The van der Waals surface area contributed by atoms with Crippen molar-refractivity contribution < 1.29 is 14.3 Å². The summed E-state index contributed by atoms with van der Waals surface area (Å²) in [5.41, 5.74) is 1.00. The van der Waals surface area contributed by atoms with Crippen molar-refractivity contribution in [1.29, 1.82) is 0 Å². The number of hydrogen-bond acceptors (Lipinski definition) is 6. The normalized spacial score (nSPS) is 12.1. The van der Waals surface area contributed by atoms with Gasteiger partial charge in [-0.2, -0.15) is 0 Å². The van der Waals surface area contributed by atoms with Crippen LogP contribution in [0.25, 0.3) is 10.2 Å². The van der Waals surface area contributed by atoms with E-state index in [0.717, 1.165) is 15.2 Å². The number of methoxy groups -OCH3 is 1. The highest BCUT2D eigenvalue weighted by molar-refractivity contribution is 7.18.